The minimum atomic E-state index is 0.281. The number of likely N-dealkylation sites (N-methyl/N-ethyl adjacent to an activating group) is 1. The molecule has 0 saturated heterocycles. The molecule has 1 heterocycles. The first kappa shape index (κ1) is 14.1. The molecule has 1 atom stereocenters. The zero-order valence-electron chi connectivity index (χ0n) is 11.3. The topological polar surface area (TPSA) is 42.1 Å². The Bertz CT molecular complexity index is 298. The summed E-state index contributed by atoms with van der Waals surface area (Å²) in [5.74, 6) is 0.675. The summed E-state index contributed by atoms with van der Waals surface area (Å²) < 4.78 is 0. The standard InChI is InChI=1S/C14H25N3/c1-12(2)10-13(15)11-17(3)9-7-14-6-4-5-8-16-14/h4-6,8,12-13H,7,9-11,15H2,1-3H3. The number of aromatic nitrogens is 1. The molecule has 0 aliphatic rings. The number of nitrogens with two attached hydrogens (primary N) is 1. The number of nitrogens with zero attached hydrogens (tertiary/aromatic N) is 2. The van der Waals surface area contributed by atoms with E-state index in [0.717, 1.165) is 31.6 Å². The summed E-state index contributed by atoms with van der Waals surface area (Å²) in [6, 6.07) is 6.34. The fourth-order valence-electron chi connectivity index (χ4n) is 2.02. The molecule has 0 saturated carbocycles. The maximum absolute atomic E-state index is 6.09. The van der Waals surface area contributed by atoms with Gasteiger partial charge in [0.25, 0.3) is 0 Å². The highest BCUT2D eigenvalue weighted by molar-refractivity contribution is 5.03. The van der Waals surface area contributed by atoms with Crippen molar-refractivity contribution >= 4 is 0 Å². The molecule has 1 rings (SSSR count). The van der Waals surface area contributed by atoms with Gasteiger partial charge in [-0.2, -0.15) is 0 Å². The zero-order valence-corrected chi connectivity index (χ0v) is 11.3. The monoisotopic (exact) mass is 235 g/mol. The summed E-state index contributed by atoms with van der Waals surface area (Å²) in [6.07, 6.45) is 3.93. The minimum absolute atomic E-state index is 0.281. The Morgan fingerprint density at radius 1 is 1.35 bits per heavy atom. The molecular formula is C14H25N3. The lowest BCUT2D eigenvalue weighted by atomic mass is 10.0. The van der Waals surface area contributed by atoms with Crippen LogP contribution in [-0.4, -0.2) is 36.1 Å². The molecule has 0 aliphatic heterocycles. The normalized spacial score (nSPS) is 13.3. The van der Waals surface area contributed by atoms with Gasteiger partial charge in [0.05, 0.1) is 0 Å². The van der Waals surface area contributed by atoms with E-state index in [1.165, 1.54) is 0 Å². The smallest absolute Gasteiger partial charge is 0.0416 e. The minimum Gasteiger partial charge on any atom is -0.327 e. The predicted molar refractivity (Wildman–Crippen MR) is 72.9 cm³/mol. The van der Waals surface area contributed by atoms with Gasteiger partial charge >= 0.3 is 0 Å². The van der Waals surface area contributed by atoms with Crippen molar-refractivity contribution in [2.45, 2.75) is 32.7 Å². The molecule has 0 amide bonds. The average molecular weight is 235 g/mol. The van der Waals surface area contributed by atoms with Crippen LogP contribution in [0.3, 0.4) is 0 Å². The van der Waals surface area contributed by atoms with Gasteiger partial charge in [-0.05, 0) is 31.5 Å². The third kappa shape index (κ3) is 6.39. The van der Waals surface area contributed by atoms with E-state index < -0.39 is 0 Å². The highest BCUT2D eigenvalue weighted by Crippen LogP contribution is 2.04. The van der Waals surface area contributed by atoms with Gasteiger partial charge in [-0.3, -0.25) is 4.98 Å². The van der Waals surface area contributed by atoms with Crippen LogP contribution in [0.2, 0.25) is 0 Å². The van der Waals surface area contributed by atoms with E-state index in [2.05, 4.69) is 36.8 Å². The van der Waals surface area contributed by atoms with E-state index in [1.807, 2.05) is 18.3 Å². The number of hydrogen-bond donors (Lipinski definition) is 1. The molecule has 0 aliphatic carbocycles. The summed E-state index contributed by atoms with van der Waals surface area (Å²) in [5.41, 5.74) is 7.24. The SMILES string of the molecule is CC(C)CC(N)CN(C)CCc1ccccn1. The molecule has 3 nitrogen and oxygen atoms in total. The molecule has 96 valence electrons. The molecule has 0 bridgehead atoms. The Morgan fingerprint density at radius 3 is 2.71 bits per heavy atom. The summed E-state index contributed by atoms with van der Waals surface area (Å²) >= 11 is 0. The van der Waals surface area contributed by atoms with Crippen LogP contribution in [0.4, 0.5) is 0 Å². The third-order valence-corrected chi connectivity index (χ3v) is 2.80. The van der Waals surface area contributed by atoms with Crippen molar-refractivity contribution in [3.8, 4) is 0 Å². The summed E-state index contributed by atoms with van der Waals surface area (Å²) in [6.45, 7) is 6.41. The number of pyridine rings is 1. The van der Waals surface area contributed by atoms with Crippen LogP contribution >= 0.6 is 0 Å². The first-order valence-corrected chi connectivity index (χ1v) is 6.42. The molecule has 0 radical (unpaired) electrons. The highest BCUT2D eigenvalue weighted by Gasteiger charge is 2.08. The lowest BCUT2D eigenvalue weighted by Crippen LogP contribution is -2.37. The van der Waals surface area contributed by atoms with Gasteiger partial charge < -0.3 is 10.6 Å². The largest absolute Gasteiger partial charge is 0.327 e. The van der Waals surface area contributed by atoms with E-state index in [1.54, 1.807) is 0 Å². The van der Waals surface area contributed by atoms with Crippen molar-refractivity contribution in [3.05, 3.63) is 30.1 Å². The van der Waals surface area contributed by atoms with Crippen LogP contribution in [0, 0.1) is 5.92 Å². The molecule has 1 aromatic heterocycles. The van der Waals surface area contributed by atoms with E-state index in [4.69, 9.17) is 5.73 Å². The lowest BCUT2D eigenvalue weighted by Gasteiger charge is -2.22. The van der Waals surface area contributed by atoms with Crippen LogP contribution in [-0.2, 0) is 6.42 Å². The van der Waals surface area contributed by atoms with Crippen LogP contribution < -0.4 is 5.73 Å². The van der Waals surface area contributed by atoms with Gasteiger partial charge in [0.1, 0.15) is 0 Å². The first-order chi connectivity index (χ1) is 8.08. The quantitative estimate of drug-likeness (QED) is 0.785. The fourth-order valence-corrected chi connectivity index (χ4v) is 2.02. The fraction of sp³-hybridized carbons (Fsp3) is 0.643. The van der Waals surface area contributed by atoms with Crippen LogP contribution in [0.25, 0.3) is 0 Å². The van der Waals surface area contributed by atoms with Gasteiger partial charge in [-0.1, -0.05) is 19.9 Å². The second-order valence-electron chi connectivity index (χ2n) is 5.22. The summed E-state index contributed by atoms with van der Waals surface area (Å²) in [4.78, 5) is 6.61. The van der Waals surface area contributed by atoms with Gasteiger partial charge in [-0.15, -0.1) is 0 Å². The maximum atomic E-state index is 6.09. The second kappa shape index (κ2) is 7.41. The summed E-state index contributed by atoms with van der Waals surface area (Å²) in [5, 5.41) is 0. The first-order valence-electron chi connectivity index (χ1n) is 6.42. The lowest BCUT2D eigenvalue weighted by molar-refractivity contribution is 0.296. The Labute approximate surface area is 105 Å². The Hall–Kier alpha value is -0.930. The molecule has 1 unspecified atom stereocenters. The Balaban J connectivity index is 2.23. The van der Waals surface area contributed by atoms with Crippen molar-refractivity contribution in [2.75, 3.05) is 20.1 Å². The molecule has 0 spiro atoms. The molecule has 1 aromatic rings. The van der Waals surface area contributed by atoms with Gasteiger partial charge in [0, 0.05) is 37.4 Å². The van der Waals surface area contributed by atoms with E-state index in [-0.39, 0.29) is 6.04 Å². The maximum Gasteiger partial charge on any atom is 0.0416 e. The second-order valence-corrected chi connectivity index (χ2v) is 5.22. The van der Waals surface area contributed by atoms with Crippen molar-refractivity contribution in [3.63, 3.8) is 0 Å². The summed E-state index contributed by atoms with van der Waals surface area (Å²) in [7, 11) is 2.13. The molecule has 17 heavy (non-hydrogen) atoms. The molecular weight excluding hydrogens is 210 g/mol. The highest BCUT2D eigenvalue weighted by atomic mass is 15.1. The van der Waals surface area contributed by atoms with Crippen molar-refractivity contribution < 1.29 is 0 Å². The molecule has 0 fully saturated rings. The predicted octanol–water partition coefficient (Wildman–Crippen LogP) is 1.93. The van der Waals surface area contributed by atoms with E-state index in [0.29, 0.717) is 5.92 Å². The molecule has 0 aromatic carbocycles. The average Bonchev–Trinajstić information content (AvgIpc) is 2.26. The van der Waals surface area contributed by atoms with Crippen molar-refractivity contribution in [1.29, 1.82) is 0 Å². The van der Waals surface area contributed by atoms with E-state index >= 15 is 0 Å². The Morgan fingerprint density at radius 2 is 2.12 bits per heavy atom. The molecule has 2 N–H and O–H groups in total. The van der Waals surface area contributed by atoms with Crippen LogP contribution in [0.1, 0.15) is 26.0 Å². The van der Waals surface area contributed by atoms with Crippen LogP contribution in [0.5, 0.6) is 0 Å². The third-order valence-electron chi connectivity index (χ3n) is 2.80. The number of hydrogen-bond acceptors (Lipinski definition) is 3. The van der Waals surface area contributed by atoms with Crippen LogP contribution in [0.15, 0.2) is 24.4 Å². The zero-order chi connectivity index (χ0) is 12.7. The number of rotatable bonds is 7. The van der Waals surface area contributed by atoms with Crippen molar-refractivity contribution in [1.82, 2.24) is 9.88 Å². The van der Waals surface area contributed by atoms with Crippen molar-refractivity contribution in [2.24, 2.45) is 11.7 Å². The van der Waals surface area contributed by atoms with Gasteiger partial charge in [0.15, 0.2) is 0 Å². The Kier molecular flexibility index (Phi) is 6.16. The molecule has 3 heteroatoms. The van der Waals surface area contributed by atoms with Gasteiger partial charge in [-0.25, -0.2) is 0 Å². The van der Waals surface area contributed by atoms with Gasteiger partial charge in [0.2, 0.25) is 0 Å². The van der Waals surface area contributed by atoms with E-state index in [9.17, 15) is 0 Å².